The molecule has 0 aliphatic carbocycles. The zero-order chi connectivity index (χ0) is 14.7. The summed E-state index contributed by atoms with van der Waals surface area (Å²) in [5.74, 6) is 0. The number of hydrogen-bond acceptors (Lipinski definition) is 4. The van der Waals surface area contributed by atoms with Gasteiger partial charge in [0.05, 0.1) is 5.00 Å². The van der Waals surface area contributed by atoms with Crippen molar-refractivity contribution in [1.82, 2.24) is 9.80 Å². The van der Waals surface area contributed by atoms with Gasteiger partial charge in [0.2, 0.25) is 0 Å². The highest BCUT2D eigenvalue weighted by Gasteiger charge is 2.20. The summed E-state index contributed by atoms with van der Waals surface area (Å²) in [4.78, 5) is 9.17. The van der Waals surface area contributed by atoms with Gasteiger partial charge in [-0.25, -0.2) is 0 Å². The van der Waals surface area contributed by atoms with Gasteiger partial charge in [-0.2, -0.15) is 0 Å². The molecule has 1 aromatic heterocycles. The Bertz CT molecular complexity index is 429. The number of likely N-dealkylation sites (tertiary alicyclic amines) is 1. The van der Waals surface area contributed by atoms with Gasteiger partial charge >= 0.3 is 0 Å². The van der Waals surface area contributed by atoms with Gasteiger partial charge in [-0.05, 0) is 45.8 Å². The van der Waals surface area contributed by atoms with Crippen molar-refractivity contribution in [2.75, 3.05) is 44.2 Å². The minimum atomic E-state index is 0.675. The molecular formula is C17H28N3S. The van der Waals surface area contributed by atoms with E-state index < -0.39 is 0 Å². The van der Waals surface area contributed by atoms with Gasteiger partial charge in [0, 0.05) is 49.7 Å². The van der Waals surface area contributed by atoms with Crippen molar-refractivity contribution in [3.63, 3.8) is 0 Å². The summed E-state index contributed by atoms with van der Waals surface area (Å²) in [6.07, 6.45) is 4.16. The number of nitrogens with zero attached hydrogens (tertiary/aromatic N) is 3. The average molecular weight is 306 g/mol. The number of hydrogen-bond donors (Lipinski definition) is 0. The third kappa shape index (κ3) is 3.99. The Morgan fingerprint density at radius 2 is 1.76 bits per heavy atom. The summed E-state index contributed by atoms with van der Waals surface area (Å²) in [5, 5.41) is 1.35. The molecule has 21 heavy (non-hydrogen) atoms. The molecule has 117 valence electrons. The van der Waals surface area contributed by atoms with Gasteiger partial charge in [-0.15, -0.1) is 11.3 Å². The molecule has 0 spiro atoms. The Morgan fingerprint density at radius 1 is 1.05 bits per heavy atom. The van der Waals surface area contributed by atoms with Crippen molar-refractivity contribution < 1.29 is 0 Å². The van der Waals surface area contributed by atoms with Crippen LogP contribution in [0.1, 0.15) is 38.0 Å². The molecular weight excluding hydrogens is 278 g/mol. The SMILES string of the molecule is CC(C)N1CCN(c2[c]cc(CN3CCCCC3)s2)CC1. The van der Waals surface area contributed by atoms with Gasteiger partial charge in [-0.3, -0.25) is 9.80 Å². The lowest BCUT2D eigenvalue weighted by atomic mass is 10.1. The first-order valence-corrected chi connectivity index (χ1v) is 9.26. The van der Waals surface area contributed by atoms with Crippen LogP contribution >= 0.6 is 11.3 Å². The monoisotopic (exact) mass is 306 g/mol. The lowest BCUT2D eigenvalue weighted by molar-refractivity contribution is 0.209. The van der Waals surface area contributed by atoms with E-state index in [2.05, 4.69) is 40.7 Å². The Morgan fingerprint density at radius 3 is 2.43 bits per heavy atom. The summed E-state index contributed by atoms with van der Waals surface area (Å²) in [6, 6.07) is 6.41. The number of thiophene rings is 1. The first-order chi connectivity index (χ1) is 10.2. The molecule has 0 unspecified atom stereocenters. The zero-order valence-corrected chi connectivity index (χ0v) is 14.3. The fraction of sp³-hybridized carbons (Fsp3) is 0.765. The lowest BCUT2D eigenvalue weighted by Gasteiger charge is -2.37. The van der Waals surface area contributed by atoms with E-state index in [1.54, 1.807) is 0 Å². The predicted molar refractivity (Wildman–Crippen MR) is 91.2 cm³/mol. The van der Waals surface area contributed by atoms with E-state index in [-0.39, 0.29) is 0 Å². The average Bonchev–Trinajstić information content (AvgIpc) is 2.97. The van der Waals surface area contributed by atoms with E-state index in [9.17, 15) is 0 Å². The number of piperazine rings is 1. The zero-order valence-electron chi connectivity index (χ0n) is 13.5. The van der Waals surface area contributed by atoms with E-state index in [0.29, 0.717) is 6.04 Å². The molecule has 4 heteroatoms. The molecule has 2 aliphatic rings. The largest absolute Gasteiger partial charge is 0.360 e. The highest BCUT2D eigenvalue weighted by atomic mass is 32.1. The molecule has 1 radical (unpaired) electrons. The third-order valence-electron chi connectivity index (χ3n) is 4.74. The van der Waals surface area contributed by atoms with Crippen molar-refractivity contribution in [2.45, 2.75) is 45.7 Å². The van der Waals surface area contributed by atoms with Crippen LogP contribution in [0.25, 0.3) is 0 Å². The highest BCUT2D eigenvalue weighted by Crippen LogP contribution is 2.28. The number of anilines is 1. The predicted octanol–water partition coefficient (Wildman–Crippen LogP) is 3.06. The maximum absolute atomic E-state index is 3.51. The van der Waals surface area contributed by atoms with Crippen LogP contribution in [0.5, 0.6) is 0 Å². The van der Waals surface area contributed by atoms with Crippen molar-refractivity contribution >= 4 is 16.3 Å². The van der Waals surface area contributed by atoms with Crippen molar-refractivity contribution in [3.05, 3.63) is 17.0 Å². The van der Waals surface area contributed by atoms with Gasteiger partial charge in [0.1, 0.15) is 0 Å². The Kier molecular flexibility index (Phi) is 5.19. The van der Waals surface area contributed by atoms with Gasteiger partial charge in [0.25, 0.3) is 0 Å². The lowest BCUT2D eigenvalue weighted by Crippen LogP contribution is -2.48. The first kappa shape index (κ1) is 15.3. The fourth-order valence-electron chi connectivity index (χ4n) is 3.34. The van der Waals surface area contributed by atoms with Crippen molar-refractivity contribution in [2.24, 2.45) is 0 Å². The summed E-state index contributed by atoms with van der Waals surface area (Å²) >= 11 is 1.95. The molecule has 3 heterocycles. The molecule has 2 saturated heterocycles. The molecule has 3 nitrogen and oxygen atoms in total. The van der Waals surface area contributed by atoms with Gasteiger partial charge in [0.15, 0.2) is 0 Å². The minimum Gasteiger partial charge on any atom is -0.360 e. The van der Waals surface area contributed by atoms with Crippen LogP contribution in [0.15, 0.2) is 6.07 Å². The Labute approximate surface area is 133 Å². The second-order valence-corrected chi connectivity index (χ2v) is 7.73. The standard InChI is InChI=1S/C17H28N3S/c1-15(2)19-10-12-20(13-11-19)17-7-6-16(21-17)14-18-8-4-3-5-9-18/h6,15H,3-5,8-14H2,1-2H3. The Hall–Kier alpha value is -0.580. The van der Waals surface area contributed by atoms with Crippen LogP contribution in [-0.2, 0) is 6.54 Å². The molecule has 0 atom stereocenters. The maximum atomic E-state index is 3.51. The van der Waals surface area contributed by atoms with Crippen LogP contribution in [0, 0.1) is 6.07 Å². The molecule has 0 N–H and O–H groups in total. The van der Waals surface area contributed by atoms with Crippen LogP contribution in [-0.4, -0.2) is 55.1 Å². The molecule has 1 aromatic rings. The van der Waals surface area contributed by atoms with Crippen LogP contribution in [0.2, 0.25) is 0 Å². The first-order valence-electron chi connectivity index (χ1n) is 8.44. The molecule has 0 saturated carbocycles. The third-order valence-corrected chi connectivity index (χ3v) is 5.82. The normalized spacial score (nSPS) is 22.1. The quantitative estimate of drug-likeness (QED) is 0.846. The topological polar surface area (TPSA) is 9.72 Å². The smallest absolute Gasteiger partial charge is 0.0993 e. The van der Waals surface area contributed by atoms with E-state index in [1.807, 2.05) is 11.3 Å². The highest BCUT2D eigenvalue weighted by molar-refractivity contribution is 7.16. The number of rotatable bonds is 4. The van der Waals surface area contributed by atoms with Crippen molar-refractivity contribution in [1.29, 1.82) is 0 Å². The summed E-state index contributed by atoms with van der Waals surface area (Å²) < 4.78 is 0. The van der Waals surface area contributed by atoms with E-state index in [4.69, 9.17) is 0 Å². The molecule has 0 aromatic carbocycles. The number of piperidine rings is 1. The maximum Gasteiger partial charge on any atom is 0.0993 e. The van der Waals surface area contributed by atoms with Crippen LogP contribution in [0.3, 0.4) is 0 Å². The second-order valence-electron chi connectivity index (χ2n) is 6.62. The van der Waals surface area contributed by atoms with Crippen LogP contribution in [0.4, 0.5) is 5.00 Å². The van der Waals surface area contributed by atoms with E-state index in [0.717, 1.165) is 19.6 Å². The van der Waals surface area contributed by atoms with Gasteiger partial charge < -0.3 is 4.90 Å². The fourth-order valence-corrected chi connectivity index (χ4v) is 4.38. The summed E-state index contributed by atoms with van der Waals surface area (Å²) in [5.41, 5.74) is 0. The molecule has 2 fully saturated rings. The molecule has 0 amide bonds. The molecule has 0 bridgehead atoms. The summed E-state index contributed by atoms with van der Waals surface area (Å²) in [7, 11) is 0. The van der Waals surface area contributed by atoms with E-state index in [1.165, 1.54) is 55.3 Å². The molecule has 2 aliphatic heterocycles. The van der Waals surface area contributed by atoms with Crippen molar-refractivity contribution in [3.8, 4) is 0 Å². The minimum absolute atomic E-state index is 0.675. The molecule has 3 rings (SSSR count). The van der Waals surface area contributed by atoms with Gasteiger partial charge in [-0.1, -0.05) is 6.42 Å². The Balaban J connectivity index is 1.53. The second kappa shape index (κ2) is 7.12. The summed E-state index contributed by atoms with van der Waals surface area (Å²) in [6.45, 7) is 13.0. The van der Waals surface area contributed by atoms with E-state index >= 15 is 0 Å². The van der Waals surface area contributed by atoms with Crippen LogP contribution < -0.4 is 4.90 Å².